The molecule has 0 saturated carbocycles. The SMILES string of the molecule is CC(C)C1(C(=O)O)CCN(C(=O)c2cnn(C(C)(C)C)c2)C1. The Balaban J connectivity index is 2.18. The van der Waals surface area contributed by atoms with Crippen molar-refractivity contribution in [3.63, 3.8) is 0 Å². The molecule has 1 atom stereocenters. The van der Waals surface area contributed by atoms with Gasteiger partial charge in [0.2, 0.25) is 0 Å². The number of aromatic nitrogens is 2. The second-order valence-electron chi connectivity index (χ2n) is 7.44. The lowest BCUT2D eigenvalue weighted by Crippen LogP contribution is -2.40. The van der Waals surface area contributed by atoms with Crippen molar-refractivity contribution in [2.45, 2.75) is 46.6 Å². The summed E-state index contributed by atoms with van der Waals surface area (Å²) in [4.78, 5) is 25.9. The van der Waals surface area contributed by atoms with Gasteiger partial charge in [0.25, 0.3) is 5.91 Å². The van der Waals surface area contributed by atoms with Crippen molar-refractivity contribution in [3.05, 3.63) is 18.0 Å². The fourth-order valence-corrected chi connectivity index (χ4v) is 2.88. The fourth-order valence-electron chi connectivity index (χ4n) is 2.88. The van der Waals surface area contributed by atoms with Crippen LogP contribution in [0.25, 0.3) is 0 Å². The van der Waals surface area contributed by atoms with Gasteiger partial charge in [-0.2, -0.15) is 5.10 Å². The van der Waals surface area contributed by atoms with Crippen molar-refractivity contribution in [1.29, 1.82) is 0 Å². The van der Waals surface area contributed by atoms with Crippen LogP contribution in [0.3, 0.4) is 0 Å². The Kier molecular flexibility index (Phi) is 4.06. The first-order chi connectivity index (χ1) is 10.1. The summed E-state index contributed by atoms with van der Waals surface area (Å²) in [5, 5.41) is 13.8. The first kappa shape index (κ1) is 16.5. The van der Waals surface area contributed by atoms with Gasteiger partial charge < -0.3 is 10.0 Å². The van der Waals surface area contributed by atoms with Crippen LogP contribution in [0.5, 0.6) is 0 Å². The molecule has 22 heavy (non-hydrogen) atoms. The van der Waals surface area contributed by atoms with E-state index in [1.54, 1.807) is 22.0 Å². The third-order valence-electron chi connectivity index (χ3n) is 4.64. The molecule has 1 aromatic rings. The monoisotopic (exact) mass is 307 g/mol. The molecule has 6 heteroatoms. The average Bonchev–Trinajstić information content (AvgIpc) is 3.05. The van der Waals surface area contributed by atoms with E-state index in [1.165, 1.54) is 0 Å². The molecule has 0 spiro atoms. The van der Waals surface area contributed by atoms with E-state index in [-0.39, 0.29) is 23.9 Å². The minimum Gasteiger partial charge on any atom is -0.481 e. The summed E-state index contributed by atoms with van der Waals surface area (Å²) < 4.78 is 1.75. The number of amides is 1. The number of carbonyl (C=O) groups is 2. The Morgan fingerprint density at radius 2 is 2.00 bits per heavy atom. The molecule has 1 amide bonds. The summed E-state index contributed by atoms with van der Waals surface area (Å²) in [5.41, 5.74) is -0.512. The molecule has 0 aliphatic carbocycles. The van der Waals surface area contributed by atoms with E-state index in [0.717, 1.165) is 0 Å². The molecule has 1 aliphatic heterocycles. The third-order valence-corrected chi connectivity index (χ3v) is 4.64. The molecular weight excluding hydrogens is 282 g/mol. The number of carbonyl (C=O) groups excluding carboxylic acids is 1. The van der Waals surface area contributed by atoms with E-state index in [2.05, 4.69) is 5.10 Å². The third kappa shape index (κ3) is 2.74. The normalized spacial score (nSPS) is 22.4. The summed E-state index contributed by atoms with van der Waals surface area (Å²) in [6.07, 6.45) is 3.79. The molecular formula is C16H25N3O3. The highest BCUT2D eigenvalue weighted by molar-refractivity contribution is 5.94. The van der Waals surface area contributed by atoms with Crippen LogP contribution in [0.4, 0.5) is 0 Å². The van der Waals surface area contributed by atoms with Gasteiger partial charge in [-0.25, -0.2) is 0 Å². The van der Waals surface area contributed by atoms with E-state index in [4.69, 9.17) is 0 Å². The molecule has 122 valence electrons. The van der Waals surface area contributed by atoms with Crippen LogP contribution in [-0.2, 0) is 10.3 Å². The van der Waals surface area contributed by atoms with Crippen LogP contribution in [0.1, 0.15) is 51.4 Å². The number of carboxylic acids is 1. The zero-order valence-electron chi connectivity index (χ0n) is 14.0. The molecule has 6 nitrogen and oxygen atoms in total. The lowest BCUT2D eigenvalue weighted by Gasteiger charge is -2.28. The topological polar surface area (TPSA) is 75.4 Å². The number of carboxylic acid groups (broad SMARTS) is 1. The van der Waals surface area contributed by atoms with Crippen LogP contribution in [-0.4, -0.2) is 44.8 Å². The van der Waals surface area contributed by atoms with Gasteiger partial charge in [0.05, 0.1) is 22.7 Å². The highest BCUT2D eigenvalue weighted by atomic mass is 16.4. The maximum Gasteiger partial charge on any atom is 0.311 e. The Hall–Kier alpha value is -1.85. The van der Waals surface area contributed by atoms with E-state index >= 15 is 0 Å². The Bertz CT molecular complexity index is 586. The summed E-state index contributed by atoms with van der Waals surface area (Å²) >= 11 is 0. The predicted molar refractivity (Wildman–Crippen MR) is 82.7 cm³/mol. The van der Waals surface area contributed by atoms with Crippen LogP contribution < -0.4 is 0 Å². The smallest absolute Gasteiger partial charge is 0.311 e. The molecule has 1 N–H and O–H groups in total. The number of hydrogen-bond donors (Lipinski definition) is 1. The minimum atomic E-state index is -0.838. The number of rotatable bonds is 3. The largest absolute Gasteiger partial charge is 0.481 e. The van der Waals surface area contributed by atoms with Crippen molar-refractivity contribution in [2.75, 3.05) is 13.1 Å². The maximum absolute atomic E-state index is 12.6. The van der Waals surface area contributed by atoms with E-state index in [0.29, 0.717) is 18.5 Å². The lowest BCUT2D eigenvalue weighted by molar-refractivity contribution is -0.150. The minimum absolute atomic E-state index is 0.0138. The lowest BCUT2D eigenvalue weighted by atomic mass is 9.76. The van der Waals surface area contributed by atoms with Crippen molar-refractivity contribution in [1.82, 2.24) is 14.7 Å². The quantitative estimate of drug-likeness (QED) is 0.929. The Morgan fingerprint density at radius 1 is 1.36 bits per heavy atom. The highest BCUT2D eigenvalue weighted by Crippen LogP contribution is 2.38. The van der Waals surface area contributed by atoms with Crippen molar-refractivity contribution < 1.29 is 14.7 Å². The van der Waals surface area contributed by atoms with Gasteiger partial charge in [0.1, 0.15) is 0 Å². The highest BCUT2D eigenvalue weighted by Gasteiger charge is 2.48. The standard InChI is InChI=1S/C16H25N3O3/c1-11(2)16(14(21)22)6-7-18(10-16)13(20)12-8-17-19(9-12)15(3,4)5/h8-9,11H,6-7,10H2,1-5H3,(H,21,22). The number of nitrogens with zero attached hydrogens (tertiary/aromatic N) is 3. The van der Waals surface area contributed by atoms with Crippen molar-refractivity contribution >= 4 is 11.9 Å². The number of hydrogen-bond acceptors (Lipinski definition) is 3. The zero-order chi connectivity index (χ0) is 16.7. The van der Waals surface area contributed by atoms with Gasteiger partial charge in [0.15, 0.2) is 0 Å². The van der Waals surface area contributed by atoms with Crippen LogP contribution in [0.2, 0.25) is 0 Å². The summed E-state index contributed by atoms with van der Waals surface area (Å²) in [5.74, 6) is -0.970. The molecule has 0 bridgehead atoms. The van der Waals surface area contributed by atoms with Gasteiger partial charge in [-0.1, -0.05) is 13.8 Å². The molecule has 1 aromatic heterocycles. The van der Waals surface area contributed by atoms with Crippen molar-refractivity contribution in [3.8, 4) is 0 Å². The zero-order valence-corrected chi connectivity index (χ0v) is 14.0. The Morgan fingerprint density at radius 3 is 2.41 bits per heavy atom. The summed E-state index contributed by atoms with van der Waals surface area (Å²) in [6.45, 7) is 10.6. The van der Waals surface area contributed by atoms with Crippen LogP contribution in [0, 0.1) is 11.3 Å². The average molecular weight is 307 g/mol. The van der Waals surface area contributed by atoms with Gasteiger partial charge in [-0.15, -0.1) is 0 Å². The van der Waals surface area contributed by atoms with Crippen LogP contribution in [0.15, 0.2) is 12.4 Å². The van der Waals surface area contributed by atoms with E-state index in [1.807, 2.05) is 34.6 Å². The first-order valence-electron chi connectivity index (χ1n) is 7.66. The van der Waals surface area contributed by atoms with Gasteiger partial charge in [-0.05, 0) is 33.1 Å². The fraction of sp³-hybridized carbons (Fsp3) is 0.688. The van der Waals surface area contributed by atoms with E-state index < -0.39 is 11.4 Å². The van der Waals surface area contributed by atoms with Crippen LogP contribution >= 0.6 is 0 Å². The summed E-state index contributed by atoms with van der Waals surface area (Å²) in [7, 11) is 0. The second kappa shape index (κ2) is 5.41. The Labute approximate surface area is 131 Å². The first-order valence-corrected chi connectivity index (χ1v) is 7.66. The molecule has 1 fully saturated rings. The molecule has 1 saturated heterocycles. The number of likely N-dealkylation sites (tertiary alicyclic amines) is 1. The molecule has 1 unspecified atom stereocenters. The van der Waals surface area contributed by atoms with E-state index in [9.17, 15) is 14.7 Å². The predicted octanol–water partition coefficient (Wildman–Crippen LogP) is 2.21. The van der Waals surface area contributed by atoms with Gasteiger partial charge in [-0.3, -0.25) is 14.3 Å². The maximum atomic E-state index is 12.6. The molecule has 1 aliphatic rings. The van der Waals surface area contributed by atoms with Gasteiger partial charge in [0, 0.05) is 19.3 Å². The molecule has 2 heterocycles. The molecule has 0 aromatic carbocycles. The number of aliphatic carboxylic acids is 1. The molecule has 0 radical (unpaired) electrons. The second-order valence-corrected chi connectivity index (χ2v) is 7.44. The summed E-state index contributed by atoms with van der Waals surface area (Å²) in [6, 6.07) is 0. The molecule has 2 rings (SSSR count). The van der Waals surface area contributed by atoms with Crippen molar-refractivity contribution in [2.24, 2.45) is 11.3 Å². The van der Waals surface area contributed by atoms with Gasteiger partial charge >= 0.3 is 5.97 Å².